The minimum absolute atomic E-state index is 0.133. The third kappa shape index (κ3) is 7.84. The summed E-state index contributed by atoms with van der Waals surface area (Å²) in [6.45, 7) is 4.04. The number of nitrogens with one attached hydrogen (secondary N) is 3. The molecule has 150 valence electrons. The van der Waals surface area contributed by atoms with Gasteiger partial charge in [0.15, 0.2) is 5.96 Å². The molecule has 0 spiro atoms. The van der Waals surface area contributed by atoms with Gasteiger partial charge in [-0.15, -0.1) is 0 Å². The first-order valence-corrected chi connectivity index (χ1v) is 9.29. The van der Waals surface area contributed by atoms with Crippen LogP contribution in [0.15, 0.2) is 29.3 Å². The van der Waals surface area contributed by atoms with Crippen LogP contribution in [-0.4, -0.2) is 71.6 Å². The lowest BCUT2D eigenvalue weighted by Gasteiger charge is -2.13. The second-order valence-corrected chi connectivity index (χ2v) is 6.12. The monoisotopic (exact) mass is 378 g/mol. The number of ether oxygens (including phenoxy) is 3. The Labute approximate surface area is 160 Å². The highest BCUT2D eigenvalue weighted by atomic mass is 16.5. The Balaban J connectivity index is 1.55. The van der Waals surface area contributed by atoms with Crippen molar-refractivity contribution < 1.29 is 19.0 Å². The molecule has 8 heteroatoms. The van der Waals surface area contributed by atoms with Crippen LogP contribution in [0.3, 0.4) is 0 Å². The van der Waals surface area contributed by atoms with E-state index in [0.717, 1.165) is 26.0 Å². The van der Waals surface area contributed by atoms with Crippen molar-refractivity contribution in [1.29, 1.82) is 0 Å². The Morgan fingerprint density at radius 3 is 2.81 bits per heavy atom. The summed E-state index contributed by atoms with van der Waals surface area (Å²) >= 11 is 0. The molecule has 1 heterocycles. The van der Waals surface area contributed by atoms with Gasteiger partial charge in [0, 0.05) is 45.5 Å². The summed E-state index contributed by atoms with van der Waals surface area (Å²) in [4.78, 5) is 16.3. The molecule has 2 rings (SSSR count). The molecule has 1 amide bonds. The van der Waals surface area contributed by atoms with Crippen LogP contribution in [0.5, 0.6) is 5.75 Å². The molecule has 27 heavy (non-hydrogen) atoms. The maximum absolute atomic E-state index is 12.1. The average Bonchev–Trinajstić information content (AvgIpc) is 3.22. The van der Waals surface area contributed by atoms with Gasteiger partial charge in [-0.05, 0) is 31.0 Å². The van der Waals surface area contributed by atoms with E-state index in [2.05, 4.69) is 20.9 Å². The van der Waals surface area contributed by atoms with Gasteiger partial charge in [-0.2, -0.15) is 0 Å². The van der Waals surface area contributed by atoms with Crippen molar-refractivity contribution in [2.75, 3.05) is 53.6 Å². The van der Waals surface area contributed by atoms with E-state index in [0.29, 0.717) is 43.6 Å². The van der Waals surface area contributed by atoms with E-state index in [1.165, 1.54) is 0 Å². The molecule has 1 aliphatic heterocycles. The number of carbonyl (C=O) groups is 1. The number of carbonyl (C=O) groups excluding carboxylic acids is 1. The van der Waals surface area contributed by atoms with E-state index in [1.54, 1.807) is 38.4 Å². The summed E-state index contributed by atoms with van der Waals surface area (Å²) in [5.41, 5.74) is 0.574. The topological polar surface area (TPSA) is 93.2 Å². The highest BCUT2D eigenvalue weighted by Gasteiger charge is 2.15. The maximum atomic E-state index is 12.1. The van der Waals surface area contributed by atoms with E-state index in [9.17, 15) is 4.79 Å². The number of aliphatic imine (C=N–C) groups is 1. The molecular weight excluding hydrogens is 348 g/mol. The van der Waals surface area contributed by atoms with Crippen molar-refractivity contribution in [3.8, 4) is 5.75 Å². The Bertz CT molecular complexity index is 603. The number of rotatable bonds is 10. The Morgan fingerprint density at radius 1 is 1.26 bits per heavy atom. The Morgan fingerprint density at radius 2 is 2.07 bits per heavy atom. The Kier molecular flexibility index (Phi) is 9.43. The molecule has 1 aliphatic rings. The number of methoxy groups -OCH3 is 1. The van der Waals surface area contributed by atoms with Gasteiger partial charge < -0.3 is 30.2 Å². The molecule has 0 aromatic heterocycles. The van der Waals surface area contributed by atoms with Crippen molar-refractivity contribution in [1.82, 2.24) is 16.0 Å². The smallest absolute Gasteiger partial charge is 0.251 e. The van der Waals surface area contributed by atoms with Crippen molar-refractivity contribution >= 4 is 11.9 Å². The van der Waals surface area contributed by atoms with E-state index in [-0.39, 0.29) is 12.0 Å². The van der Waals surface area contributed by atoms with Crippen molar-refractivity contribution in [2.45, 2.75) is 18.9 Å². The third-order valence-corrected chi connectivity index (χ3v) is 4.11. The van der Waals surface area contributed by atoms with Crippen molar-refractivity contribution in [3.63, 3.8) is 0 Å². The van der Waals surface area contributed by atoms with Gasteiger partial charge >= 0.3 is 0 Å². The number of benzene rings is 1. The lowest BCUT2D eigenvalue weighted by molar-refractivity contribution is 0.0420. The molecule has 1 aromatic carbocycles. The van der Waals surface area contributed by atoms with Crippen LogP contribution in [0.4, 0.5) is 0 Å². The van der Waals surface area contributed by atoms with Crippen LogP contribution >= 0.6 is 0 Å². The normalized spacial score (nSPS) is 16.8. The van der Waals surface area contributed by atoms with E-state index in [4.69, 9.17) is 14.2 Å². The molecule has 1 unspecified atom stereocenters. The summed E-state index contributed by atoms with van der Waals surface area (Å²) in [5, 5.41) is 9.26. The quantitative estimate of drug-likeness (QED) is 0.317. The van der Waals surface area contributed by atoms with Gasteiger partial charge in [0.05, 0.1) is 19.8 Å². The zero-order valence-corrected chi connectivity index (χ0v) is 16.1. The van der Waals surface area contributed by atoms with Crippen LogP contribution in [0.2, 0.25) is 0 Å². The fraction of sp³-hybridized carbons (Fsp3) is 0.579. The van der Waals surface area contributed by atoms with Crippen molar-refractivity contribution in [2.24, 2.45) is 4.99 Å². The van der Waals surface area contributed by atoms with Crippen LogP contribution in [-0.2, 0) is 9.47 Å². The van der Waals surface area contributed by atoms with Gasteiger partial charge in [-0.25, -0.2) is 0 Å². The maximum Gasteiger partial charge on any atom is 0.251 e. The number of amides is 1. The predicted octanol–water partition coefficient (Wildman–Crippen LogP) is 0.786. The van der Waals surface area contributed by atoms with Gasteiger partial charge in [0.2, 0.25) is 0 Å². The molecule has 3 N–H and O–H groups in total. The fourth-order valence-corrected chi connectivity index (χ4v) is 2.62. The van der Waals surface area contributed by atoms with Gasteiger partial charge in [0.25, 0.3) is 5.91 Å². The first-order valence-electron chi connectivity index (χ1n) is 9.29. The van der Waals surface area contributed by atoms with Gasteiger partial charge in [-0.3, -0.25) is 9.79 Å². The second-order valence-electron chi connectivity index (χ2n) is 6.12. The number of guanidine groups is 1. The summed E-state index contributed by atoms with van der Waals surface area (Å²) in [6, 6.07) is 7.07. The molecule has 0 aliphatic carbocycles. The molecule has 8 nitrogen and oxygen atoms in total. The highest BCUT2D eigenvalue weighted by Crippen LogP contribution is 2.12. The molecule has 1 fully saturated rings. The van der Waals surface area contributed by atoms with E-state index < -0.39 is 0 Å². The molecule has 1 aromatic rings. The SMILES string of the molecule is CN=C(NCCCOC1CCOC1)NCCNC(=O)c1cccc(OC)c1. The molecule has 1 saturated heterocycles. The zero-order valence-electron chi connectivity index (χ0n) is 16.1. The number of hydrogen-bond donors (Lipinski definition) is 3. The predicted molar refractivity (Wildman–Crippen MR) is 104 cm³/mol. The van der Waals surface area contributed by atoms with E-state index >= 15 is 0 Å². The molecule has 0 saturated carbocycles. The highest BCUT2D eigenvalue weighted by molar-refractivity contribution is 5.94. The van der Waals surface area contributed by atoms with Crippen LogP contribution in [0.25, 0.3) is 0 Å². The van der Waals surface area contributed by atoms with Gasteiger partial charge in [-0.1, -0.05) is 6.07 Å². The Hall–Kier alpha value is -2.32. The minimum atomic E-state index is -0.133. The third-order valence-electron chi connectivity index (χ3n) is 4.11. The van der Waals surface area contributed by atoms with Crippen molar-refractivity contribution in [3.05, 3.63) is 29.8 Å². The zero-order chi connectivity index (χ0) is 19.3. The average molecular weight is 378 g/mol. The number of hydrogen-bond acceptors (Lipinski definition) is 5. The molecule has 1 atom stereocenters. The molecule has 0 radical (unpaired) electrons. The summed E-state index contributed by atoms with van der Waals surface area (Å²) in [7, 11) is 3.30. The van der Waals surface area contributed by atoms with Crippen LogP contribution in [0, 0.1) is 0 Å². The first-order chi connectivity index (χ1) is 13.2. The fourth-order valence-electron chi connectivity index (χ4n) is 2.62. The number of nitrogens with zero attached hydrogens (tertiary/aromatic N) is 1. The minimum Gasteiger partial charge on any atom is -0.497 e. The summed E-state index contributed by atoms with van der Waals surface area (Å²) in [6.07, 6.45) is 2.12. The second kappa shape index (κ2) is 12.1. The molecular formula is C19H30N4O4. The van der Waals surface area contributed by atoms with Crippen LogP contribution < -0.4 is 20.7 Å². The lowest BCUT2D eigenvalue weighted by Crippen LogP contribution is -2.42. The standard InChI is InChI=1S/C19H30N4O4/c1-20-19(22-8-4-11-27-17-7-12-26-14-17)23-10-9-21-18(24)15-5-3-6-16(13-15)25-2/h3,5-6,13,17H,4,7-12,14H2,1-2H3,(H,21,24)(H2,20,22,23). The van der Waals surface area contributed by atoms with E-state index in [1.807, 2.05) is 0 Å². The first kappa shape index (κ1) is 21.0. The lowest BCUT2D eigenvalue weighted by atomic mass is 10.2. The largest absolute Gasteiger partial charge is 0.497 e. The van der Waals surface area contributed by atoms with Gasteiger partial charge in [0.1, 0.15) is 5.75 Å². The summed E-state index contributed by atoms with van der Waals surface area (Å²) < 4.78 is 16.1. The summed E-state index contributed by atoms with van der Waals surface area (Å²) in [5.74, 6) is 1.23. The van der Waals surface area contributed by atoms with Crippen LogP contribution in [0.1, 0.15) is 23.2 Å². The molecule has 0 bridgehead atoms.